The van der Waals surface area contributed by atoms with E-state index in [-0.39, 0.29) is 0 Å². The first-order chi connectivity index (χ1) is 14.3. The third-order valence-corrected chi connectivity index (χ3v) is 4.36. The molecule has 1 unspecified atom stereocenters. The van der Waals surface area contributed by atoms with E-state index < -0.39 is 41.0 Å². The van der Waals surface area contributed by atoms with Gasteiger partial charge in [-0.2, -0.15) is 8.78 Å². The highest BCUT2D eigenvalue weighted by Crippen LogP contribution is 2.46. The fraction of sp³-hybridized carbons (Fsp3) is 0.263. The van der Waals surface area contributed by atoms with Crippen LogP contribution in [-0.2, 0) is 22.8 Å². The van der Waals surface area contributed by atoms with E-state index >= 15 is 8.78 Å². The predicted molar refractivity (Wildman–Crippen MR) is 97.1 cm³/mol. The summed E-state index contributed by atoms with van der Waals surface area (Å²) in [6.07, 6.45) is 5.44. The van der Waals surface area contributed by atoms with Crippen molar-refractivity contribution in [1.29, 1.82) is 0 Å². The number of halogens is 4. The molecule has 0 radical (unpaired) electrons. The highest BCUT2D eigenvalue weighted by atomic mass is 19.3. The van der Waals surface area contributed by atoms with Crippen molar-refractivity contribution in [2.24, 2.45) is 0 Å². The smallest absolute Gasteiger partial charge is 0.323 e. The van der Waals surface area contributed by atoms with E-state index in [2.05, 4.69) is 20.5 Å². The Kier molecular flexibility index (Phi) is 6.22. The van der Waals surface area contributed by atoms with Crippen molar-refractivity contribution in [2.45, 2.75) is 18.1 Å². The van der Waals surface area contributed by atoms with Gasteiger partial charge in [0.2, 0.25) is 0 Å². The lowest BCUT2D eigenvalue weighted by atomic mass is 9.84. The van der Waals surface area contributed by atoms with E-state index in [9.17, 15) is 13.9 Å². The molecule has 3 aromatic rings. The summed E-state index contributed by atoms with van der Waals surface area (Å²) in [5.74, 6) is -6.41. The van der Waals surface area contributed by atoms with Gasteiger partial charge in [-0.25, -0.2) is 13.5 Å². The van der Waals surface area contributed by atoms with E-state index in [0.717, 1.165) is 29.2 Å². The summed E-state index contributed by atoms with van der Waals surface area (Å²) < 4.78 is 64.5. The average molecular weight is 423 g/mol. The van der Waals surface area contributed by atoms with E-state index in [4.69, 9.17) is 4.74 Å². The van der Waals surface area contributed by atoms with E-state index in [0.29, 0.717) is 18.2 Å². The molecule has 30 heavy (non-hydrogen) atoms. The van der Waals surface area contributed by atoms with Gasteiger partial charge in [0.1, 0.15) is 23.7 Å². The van der Waals surface area contributed by atoms with Crippen molar-refractivity contribution >= 4 is 6.08 Å². The van der Waals surface area contributed by atoms with Gasteiger partial charge in [-0.1, -0.05) is 18.2 Å². The summed E-state index contributed by atoms with van der Waals surface area (Å²) in [5, 5.41) is 21.2. The number of methoxy groups -OCH3 is 1. The Morgan fingerprint density at radius 2 is 2.00 bits per heavy atom. The van der Waals surface area contributed by atoms with Crippen molar-refractivity contribution in [1.82, 2.24) is 25.2 Å². The quantitative estimate of drug-likeness (QED) is 0.561. The lowest BCUT2D eigenvalue weighted by molar-refractivity contribution is -0.207. The summed E-state index contributed by atoms with van der Waals surface area (Å²) in [6, 6.07) is 4.31. The number of aliphatic hydroxyl groups is 1. The van der Waals surface area contributed by atoms with Crippen LogP contribution in [0.3, 0.4) is 0 Å². The van der Waals surface area contributed by atoms with E-state index in [1.54, 1.807) is 12.2 Å². The third kappa shape index (κ3) is 4.21. The van der Waals surface area contributed by atoms with Crippen molar-refractivity contribution in [3.63, 3.8) is 0 Å². The molecule has 0 aliphatic heterocycles. The minimum atomic E-state index is -4.09. The second kappa shape index (κ2) is 8.67. The number of tetrazole rings is 1. The molecule has 2 heterocycles. The van der Waals surface area contributed by atoms with Crippen LogP contribution in [0.4, 0.5) is 17.6 Å². The Bertz CT molecular complexity index is 1010. The monoisotopic (exact) mass is 423 g/mol. The minimum absolute atomic E-state index is 0.327. The van der Waals surface area contributed by atoms with Gasteiger partial charge in [0.15, 0.2) is 5.60 Å². The van der Waals surface area contributed by atoms with Crippen LogP contribution < -0.4 is 0 Å². The number of hydrogen-bond donors (Lipinski definition) is 1. The molecular weight excluding hydrogens is 406 g/mol. The van der Waals surface area contributed by atoms with Crippen molar-refractivity contribution in [3.8, 4) is 0 Å². The first-order valence-electron chi connectivity index (χ1n) is 8.66. The number of alkyl halides is 2. The van der Waals surface area contributed by atoms with Gasteiger partial charge in [0.25, 0.3) is 0 Å². The lowest BCUT2D eigenvalue weighted by Gasteiger charge is -2.35. The lowest BCUT2D eigenvalue weighted by Crippen LogP contribution is -2.48. The fourth-order valence-corrected chi connectivity index (χ4v) is 2.85. The maximum Gasteiger partial charge on any atom is 0.323 e. The highest BCUT2D eigenvalue weighted by molar-refractivity contribution is 5.48. The summed E-state index contributed by atoms with van der Waals surface area (Å²) >= 11 is 0. The molecule has 0 aliphatic rings. The molecule has 0 fully saturated rings. The van der Waals surface area contributed by atoms with Gasteiger partial charge < -0.3 is 9.84 Å². The van der Waals surface area contributed by atoms with Gasteiger partial charge in [0.05, 0.1) is 13.2 Å². The first kappa shape index (κ1) is 21.5. The van der Waals surface area contributed by atoms with Crippen LogP contribution in [0, 0.1) is 11.6 Å². The molecule has 1 atom stereocenters. The van der Waals surface area contributed by atoms with Crippen molar-refractivity contribution in [3.05, 3.63) is 77.4 Å². The Hall–Kier alpha value is -3.18. The zero-order chi connectivity index (χ0) is 21.8. The van der Waals surface area contributed by atoms with E-state index in [1.165, 1.54) is 19.4 Å². The highest BCUT2D eigenvalue weighted by Gasteiger charge is 2.57. The van der Waals surface area contributed by atoms with Crippen LogP contribution in [0.5, 0.6) is 0 Å². The predicted octanol–water partition coefficient (Wildman–Crippen LogP) is 2.69. The summed E-state index contributed by atoms with van der Waals surface area (Å²) in [7, 11) is 1.51. The van der Waals surface area contributed by atoms with Gasteiger partial charge in [-0.3, -0.25) is 4.98 Å². The molecule has 0 bridgehead atoms. The van der Waals surface area contributed by atoms with Crippen LogP contribution >= 0.6 is 0 Å². The second-order valence-corrected chi connectivity index (χ2v) is 6.40. The number of nitrogens with zero attached hydrogens (tertiary/aromatic N) is 5. The Balaban J connectivity index is 2.05. The molecular formula is C19H17F4N5O2. The number of ether oxygens (including phenoxy) is 1. The Morgan fingerprint density at radius 1 is 1.20 bits per heavy atom. The van der Waals surface area contributed by atoms with Gasteiger partial charge in [0, 0.05) is 24.9 Å². The second-order valence-electron chi connectivity index (χ2n) is 6.40. The largest absolute Gasteiger partial charge is 0.381 e. The number of hydrogen-bond acceptors (Lipinski definition) is 6. The summed E-state index contributed by atoms with van der Waals surface area (Å²) in [4.78, 5) is 3.74. The van der Waals surface area contributed by atoms with Crippen molar-refractivity contribution < 1.29 is 27.4 Å². The topological polar surface area (TPSA) is 86.0 Å². The molecule has 1 N–H and O–H groups in total. The number of aromatic nitrogens is 5. The average Bonchev–Trinajstić information content (AvgIpc) is 3.21. The van der Waals surface area contributed by atoms with Crippen LogP contribution in [0.25, 0.3) is 6.08 Å². The first-order valence-corrected chi connectivity index (χ1v) is 8.66. The molecule has 0 amide bonds. The maximum atomic E-state index is 15.5. The Labute approximate surface area is 168 Å². The molecule has 1 aromatic carbocycles. The zero-order valence-corrected chi connectivity index (χ0v) is 15.7. The van der Waals surface area contributed by atoms with Crippen molar-refractivity contribution in [2.75, 3.05) is 13.7 Å². The number of pyridine rings is 1. The summed E-state index contributed by atoms with van der Waals surface area (Å²) in [6.45, 7) is -0.583. The molecule has 0 spiro atoms. The molecule has 158 valence electrons. The van der Waals surface area contributed by atoms with Gasteiger partial charge in [-0.05, 0) is 34.2 Å². The molecule has 3 rings (SSSR count). The normalized spacial score (nSPS) is 14.2. The number of benzene rings is 1. The summed E-state index contributed by atoms with van der Waals surface area (Å²) in [5.41, 5.74) is -4.29. The minimum Gasteiger partial charge on any atom is -0.381 e. The van der Waals surface area contributed by atoms with Crippen LogP contribution in [-0.4, -0.2) is 44.0 Å². The fourth-order valence-electron chi connectivity index (χ4n) is 2.85. The molecule has 2 aromatic heterocycles. The third-order valence-electron chi connectivity index (χ3n) is 4.36. The van der Waals surface area contributed by atoms with Crippen LogP contribution in [0.2, 0.25) is 0 Å². The van der Waals surface area contributed by atoms with Crippen LogP contribution in [0.15, 0.2) is 48.9 Å². The molecule has 11 heteroatoms. The van der Waals surface area contributed by atoms with Gasteiger partial charge >= 0.3 is 5.92 Å². The van der Waals surface area contributed by atoms with Gasteiger partial charge in [-0.15, -0.1) is 5.10 Å². The maximum absolute atomic E-state index is 15.5. The SMILES string of the molecule is COC/C=C\c1ccc(C(F)(F)C(O)(Cn2cnnn2)c2ccc(F)cc2F)nc1. The number of rotatable bonds is 8. The zero-order valence-electron chi connectivity index (χ0n) is 15.7. The molecule has 0 saturated heterocycles. The van der Waals surface area contributed by atoms with Crippen LogP contribution in [0.1, 0.15) is 16.8 Å². The molecule has 0 saturated carbocycles. The molecule has 7 nitrogen and oxygen atoms in total. The Morgan fingerprint density at radius 3 is 2.60 bits per heavy atom. The molecule has 0 aliphatic carbocycles. The standard InChI is InChI=1S/C19H17F4N5O2/c1-30-8-2-3-13-4-7-17(24-10-13)19(22,23)18(29,11-28-12-25-26-27-28)15-6-5-14(20)9-16(15)21/h2-7,9-10,12,29H,8,11H2,1H3/b3-2-. The van der Waals surface area contributed by atoms with E-state index in [1.807, 2.05) is 0 Å².